The second-order valence-corrected chi connectivity index (χ2v) is 5.51. The summed E-state index contributed by atoms with van der Waals surface area (Å²) in [7, 11) is 1.45. The molecule has 0 saturated heterocycles. The second kappa shape index (κ2) is 7.82. The average Bonchev–Trinajstić information content (AvgIpc) is 2.53. The predicted octanol–water partition coefficient (Wildman–Crippen LogP) is 3.94. The third-order valence-corrected chi connectivity index (χ3v) is 3.58. The van der Waals surface area contributed by atoms with Crippen molar-refractivity contribution in [1.82, 2.24) is 0 Å². The first kappa shape index (κ1) is 17.1. The van der Waals surface area contributed by atoms with Crippen molar-refractivity contribution in [3.63, 3.8) is 0 Å². The zero-order valence-corrected chi connectivity index (χ0v) is 14.4. The van der Waals surface area contributed by atoms with Gasteiger partial charge in [-0.25, -0.2) is 4.79 Å². The molecule has 2 aromatic rings. The summed E-state index contributed by atoms with van der Waals surface area (Å²) >= 11 is 1.59. The van der Waals surface area contributed by atoms with Crippen LogP contribution in [0.25, 0.3) is 0 Å². The molecule has 0 aromatic heterocycles. The molecule has 1 amide bonds. The van der Waals surface area contributed by atoms with Crippen LogP contribution in [-0.2, 0) is 6.61 Å². The zero-order chi connectivity index (χ0) is 16.8. The van der Waals surface area contributed by atoms with Crippen LogP contribution in [0.1, 0.15) is 15.9 Å². The lowest BCUT2D eigenvalue weighted by atomic mass is 10.1. The van der Waals surface area contributed by atoms with Gasteiger partial charge in [-0.15, -0.1) is 0 Å². The Kier molecular flexibility index (Phi) is 5.80. The lowest BCUT2D eigenvalue weighted by Crippen LogP contribution is -2.11. The number of ether oxygens (including phenoxy) is 2. The molecule has 0 radical (unpaired) electrons. The molecule has 0 aliphatic rings. The first-order chi connectivity index (χ1) is 11.0. The number of amides is 1. The number of nitrogens with one attached hydrogen (secondary N) is 1. The summed E-state index contributed by atoms with van der Waals surface area (Å²) in [4.78, 5) is 22.6. The van der Waals surface area contributed by atoms with Crippen molar-refractivity contribution in [2.75, 3.05) is 12.4 Å². The van der Waals surface area contributed by atoms with Gasteiger partial charge in [-0.05, 0) is 11.6 Å². The minimum atomic E-state index is -1.26. The largest absolute Gasteiger partial charge is 0.493 e. The Morgan fingerprint density at radius 1 is 1.17 bits per heavy atom. The predicted molar refractivity (Wildman–Crippen MR) is 93.8 cm³/mol. The smallest absolute Gasteiger partial charge is 0.409 e. The van der Waals surface area contributed by atoms with Gasteiger partial charge in [0.1, 0.15) is 6.61 Å². The molecule has 0 unspecified atom stereocenters. The highest BCUT2D eigenvalue weighted by Gasteiger charge is 2.17. The van der Waals surface area contributed by atoms with Gasteiger partial charge in [-0.2, -0.15) is 0 Å². The van der Waals surface area contributed by atoms with Gasteiger partial charge in [0, 0.05) is 28.7 Å². The van der Waals surface area contributed by atoms with Gasteiger partial charge in [0.25, 0.3) is 0 Å². The van der Waals surface area contributed by atoms with Crippen LogP contribution in [0.15, 0.2) is 42.5 Å². The van der Waals surface area contributed by atoms with Crippen molar-refractivity contribution in [1.29, 1.82) is 0 Å². The van der Waals surface area contributed by atoms with E-state index in [0.29, 0.717) is 18.1 Å². The van der Waals surface area contributed by atoms with Gasteiger partial charge in [0.05, 0.1) is 18.4 Å². The summed E-state index contributed by atoms with van der Waals surface area (Å²) < 4.78 is 10.6. The van der Waals surface area contributed by atoms with Gasteiger partial charge in [-0.1, -0.05) is 30.3 Å². The standard InChI is InChI=1S/C16H14INO5/c1-22-13-7-11(15(17)19)12(18-16(20)21)8-14(13)23-9-10-5-3-2-4-6-10/h2-8,18H,9H2,1H3,(H,20,21). The summed E-state index contributed by atoms with van der Waals surface area (Å²) in [5, 5.41) is 11.1. The van der Waals surface area contributed by atoms with E-state index in [9.17, 15) is 9.59 Å². The van der Waals surface area contributed by atoms with Gasteiger partial charge in [-0.3, -0.25) is 10.1 Å². The molecule has 23 heavy (non-hydrogen) atoms. The van der Waals surface area contributed by atoms with Crippen molar-refractivity contribution >= 4 is 38.2 Å². The quantitative estimate of drug-likeness (QED) is 0.539. The Balaban J connectivity index is 2.33. The number of carbonyl (C=O) groups is 2. The number of anilines is 1. The molecule has 0 aliphatic carbocycles. The average molecular weight is 427 g/mol. The number of methoxy groups -OCH3 is 1. The monoisotopic (exact) mass is 427 g/mol. The molecular weight excluding hydrogens is 413 g/mol. The van der Waals surface area contributed by atoms with Crippen molar-refractivity contribution in [3.8, 4) is 11.5 Å². The highest BCUT2D eigenvalue weighted by molar-refractivity contribution is 14.1. The Hall–Kier alpha value is -2.29. The fraction of sp³-hybridized carbons (Fsp3) is 0.125. The van der Waals surface area contributed by atoms with Gasteiger partial charge < -0.3 is 14.6 Å². The van der Waals surface area contributed by atoms with E-state index in [4.69, 9.17) is 14.6 Å². The van der Waals surface area contributed by atoms with E-state index >= 15 is 0 Å². The van der Waals surface area contributed by atoms with Crippen LogP contribution in [0.3, 0.4) is 0 Å². The number of hydrogen-bond donors (Lipinski definition) is 2. The topological polar surface area (TPSA) is 84.9 Å². The van der Waals surface area contributed by atoms with Crippen LogP contribution in [0.5, 0.6) is 11.5 Å². The molecule has 2 aromatic carbocycles. The molecule has 0 atom stereocenters. The van der Waals surface area contributed by atoms with E-state index in [2.05, 4.69) is 5.32 Å². The molecule has 120 valence electrons. The summed E-state index contributed by atoms with van der Waals surface area (Å²) in [6.07, 6.45) is -1.26. The maximum Gasteiger partial charge on any atom is 0.409 e. The van der Waals surface area contributed by atoms with Crippen LogP contribution in [0.4, 0.5) is 10.5 Å². The van der Waals surface area contributed by atoms with Crippen molar-refractivity contribution in [2.45, 2.75) is 6.61 Å². The Morgan fingerprint density at radius 3 is 2.43 bits per heavy atom. The van der Waals surface area contributed by atoms with Crippen molar-refractivity contribution < 1.29 is 24.2 Å². The SMILES string of the molecule is COc1cc(C(=O)I)c(NC(=O)O)cc1OCc1ccccc1. The van der Waals surface area contributed by atoms with E-state index in [1.165, 1.54) is 19.2 Å². The van der Waals surface area contributed by atoms with Gasteiger partial charge >= 0.3 is 6.09 Å². The van der Waals surface area contributed by atoms with Gasteiger partial charge in [0.2, 0.25) is 3.79 Å². The Labute approximate surface area is 146 Å². The molecule has 0 aliphatic heterocycles. The third-order valence-electron chi connectivity index (χ3n) is 2.99. The van der Waals surface area contributed by atoms with Crippen LogP contribution in [-0.4, -0.2) is 22.1 Å². The molecule has 2 N–H and O–H groups in total. The van der Waals surface area contributed by atoms with E-state index < -0.39 is 6.09 Å². The molecular formula is C16H14INO5. The normalized spacial score (nSPS) is 10.0. The van der Waals surface area contributed by atoms with Crippen molar-refractivity contribution in [3.05, 3.63) is 53.6 Å². The van der Waals surface area contributed by atoms with E-state index in [1.54, 1.807) is 22.6 Å². The summed E-state index contributed by atoms with van der Waals surface area (Å²) in [6, 6.07) is 12.4. The molecule has 0 heterocycles. The number of carboxylic acid groups (broad SMARTS) is 1. The lowest BCUT2D eigenvalue weighted by molar-refractivity contribution is 0.110. The molecule has 0 saturated carbocycles. The second-order valence-electron chi connectivity index (χ2n) is 4.53. The fourth-order valence-electron chi connectivity index (χ4n) is 1.95. The Bertz CT molecular complexity index is 718. The van der Waals surface area contributed by atoms with Crippen LogP contribution in [0.2, 0.25) is 0 Å². The molecule has 7 heteroatoms. The summed E-state index contributed by atoms with van der Waals surface area (Å²) in [5.41, 5.74) is 1.31. The first-order valence-corrected chi connectivity index (χ1v) is 7.67. The van der Waals surface area contributed by atoms with Crippen LogP contribution < -0.4 is 14.8 Å². The minimum Gasteiger partial charge on any atom is -0.493 e. The molecule has 2 rings (SSSR count). The van der Waals surface area contributed by atoms with Crippen molar-refractivity contribution in [2.24, 2.45) is 0 Å². The highest BCUT2D eigenvalue weighted by atomic mass is 127. The highest BCUT2D eigenvalue weighted by Crippen LogP contribution is 2.35. The molecule has 6 nitrogen and oxygen atoms in total. The summed E-state index contributed by atoms with van der Waals surface area (Å²) in [6.45, 7) is 0.293. The van der Waals surface area contributed by atoms with E-state index in [1.807, 2.05) is 30.3 Å². The maximum atomic E-state index is 11.7. The minimum absolute atomic E-state index is 0.153. The number of halogens is 1. The van der Waals surface area contributed by atoms with E-state index in [0.717, 1.165) is 5.56 Å². The van der Waals surface area contributed by atoms with E-state index in [-0.39, 0.29) is 15.0 Å². The van der Waals surface area contributed by atoms with Crippen LogP contribution in [0, 0.1) is 0 Å². The number of benzene rings is 2. The maximum absolute atomic E-state index is 11.7. The molecule has 0 spiro atoms. The zero-order valence-electron chi connectivity index (χ0n) is 12.2. The molecule has 0 bridgehead atoms. The summed E-state index contributed by atoms with van der Waals surface area (Å²) in [5.74, 6) is 0.707. The number of hydrogen-bond acceptors (Lipinski definition) is 4. The van der Waals surface area contributed by atoms with Gasteiger partial charge in [0.15, 0.2) is 11.5 Å². The first-order valence-electron chi connectivity index (χ1n) is 6.59. The molecule has 0 fully saturated rings. The number of rotatable bonds is 6. The number of carbonyl (C=O) groups excluding carboxylic acids is 1. The Morgan fingerprint density at radius 2 is 1.87 bits per heavy atom. The third kappa shape index (κ3) is 4.59. The van der Waals surface area contributed by atoms with Crippen LogP contribution >= 0.6 is 22.6 Å². The fourth-order valence-corrected chi connectivity index (χ4v) is 2.40. The lowest BCUT2D eigenvalue weighted by Gasteiger charge is -2.14.